The van der Waals surface area contributed by atoms with Crippen LogP contribution in [0.4, 0.5) is 0 Å². The van der Waals surface area contributed by atoms with Crippen molar-refractivity contribution < 1.29 is 4.74 Å². The SMILES string of the molecule is C=Cc1c(OC)cccc1/C(=C\C)c1ccc(C)cc1. The number of hydrogen-bond acceptors (Lipinski definition) is 1. The van der Waals surface area contributed by atoms with Gasteiger partial charge >= 0.3 is 0 Å². The topological polar surface area (TPSA) is 9.23 Å². The van der Waals surface area contributed by atoms with Crippen molar-refractivity contribution in [1.82, 2.24) is 0 Å². The normalized spacial score (nSPS) is 11.2. The molecule has 0 aromatic heterocycles. The average molecular weight is 264 g/mol. The fourth-order valence-electron chi connectivity index (χ4n) is 2.38. The summed E-state index contributed by atoms with van der Waals surface area (Å²) in [6.45, 7) is 8.07. The lowest BCUT2D eigenvalue weighted by atomic mass is 9.92. The largest absolute Gasteiger partial charge is 0.496 e. The highest BCUT2D eigenvalue weighted by atomic mass is 16.5. The van der Waals surface area contributed by atoms with Gasteiger partial charge in [0.25, 0.3) is 0 Å². The molecular formula is C19H20O. The van der Waals surface area contributed by atoms with Crippen LogP contribution in [-0.4, -0.2) is 7.11 Å². The zero-order valence-electron chi connectivity index (χ0n) is 12.3. The van der Waals surface area contributed by atoms with Crippen LogP contribution in [0.15, 0.2) is 55.1 Å². The van der Waals surface area contributed by atoms with Crippen LogP contribution in [0.3, 0.4) is 0 Å². The number of allylic oxidation sites excluding steroid dienone is 1. The molecule has 0 unspecified atom stereocenters. The van der Waals surface area contributed by atoms with Crippen LogP contribution in [0.5, 0.6) is 5.75 Å². The number of methoxy groups -OCH3 is 1. The van der Waals surface area contributed by atoms with Crippen molar-refractivity contribution in [3.8, 4) is 5.75 Å². The van der Waals surface area contributed by atoms with E-state index in [1.54, 1.807) is 7.11 Å². The Bertz CT molecular complexity index is 633. The number of aryl methyl sites for hydroxylation is 1. The summed E-state index contributed by atoms with van der Waals surface area (Å²) in [7, 11) is 1.69. The maximum Gasteiger partial charge on any atom is 0.126 e. The van der Waals surface area contributed by atoms with E-state index in [0.29, 0.717) is 0 Å². The Kier molecular flexibility index (Phi) is 4.41. The second-order valence-electron chi connectivity index (χ2n) is 4.69. The molecule has 0 bridgehead atoms. The van der Waals surface area contributed by atoms with Crippen LogP contribution in [0.2, 0.25) is 0 Å². The van der Waals surface area contributed by atoms with Gasteiger partial charge in [-0.15, -0.1) is 0 Å². The quantitative estimate of drug-likeness (QED) is 0.746. The van der Waals surface area contributed by atoms with E-state index < -0.39 is 0 Å². The lowest BCUT2D eigenvalue weighted by Gasteiger charge is -2.14. The second-order valence-corrected chi connectivity index (χ2v) is 4.69. The van der Waals surface area contributed by atoms with E-state index in [-0.39, 0.29) is 0 Å². The molecule has 0 amide bonds. The van der Waals surface area contributed by atoms with Crippen molar-refractivity contribution in [2.24, 2.45) is 0 Å². The van der Waals surface area contributed by atoms with Gasteiger partial charge in [-0.25, -0.2) is 0 Å². The summed E-state index contributed by atoms with van der Waals surface area (Å²) >= 11 is 0. The minimum atomic E-state index is 0.851. The molecule has 0 atom stereocenters. The van der Waals surface area contributed by atoms with Crippen LogP contribution in [0, 0.1) is 6.92 Å². The first-order valence-corrected chi connectivity index (χ1v) is 6.74. The summed E-state index contributed by atoms with van der Waals surface area (Å²) < 4.78 is 5.43. The zero-order valence-corrected chi connectivity index (χ0v) is 12.3. The Labute approximate surface area is 121 Å². The van der Waals surface area contributed by atoms with Gasteiger partial charge in [-0.05, 0) is 36.6 Å². The second kappa shape index (κ2) is 6.25. The van der Waals surface area contributed by atoms with E-state index in [4.69, 9.17) is 4.74 Å². The van der Waals surface area contributed by atoms with Gasteiger partial charge < -0.3 is 4.74 Å². The fraction of sp³-hybridized carbons (Fsp3) is 0.158. The maximum atomic E-state index is 5.43. The highest BCUT2D eigenvalue weighted by Crippen LogP contribution is 2.32. The minimum absolute atomic E-state index is 0.851. The van der Waals surface area contributed by atoms with Gasteiger partial charge in [-0.2, -0.15) is 0 Å². The van der Waals surface area contributed by atoms with Crippen molar-refractivity contribution in [3.05, 3.63) is 77.4 Å². The standard InChI is InChI=1S/C19H20O/c1-5-16(15-12-10-14(3)11-13-15)18-8-7-9-19(20-4)17(18)6-2/h5-13H,2H2,1,3-4H3/b16-5-. The summed E-state index contributed by atoms with van der Waals surface area (Å²) in [5.41, 5.74) is 5.83. The molecule has 20 heavy (non-hydrogen) atoms. The molecule has 0 N–H and O–H groups in total. The van der Waals surface area contributed by atoms with Crippen molar-refractivity contribution in [2.45, 2.75) is 13.8 Å². The predicted octanol–water partition coefficient (Wildman–Crippen LogP) is 5.10. The van der Waals surface area contributed by atoms with Crippen LogP contribution in [-0.2, 0) is 0 Å². The first kappa shape index (κ1) is 14.1. The Balaban J connectivity index is 2.58. The van der Waals surface area contributed by atoms with Gasteiger partial charge in [0.15, 0.2) is 0 Å². The smallest absolute Gasteiger partial charge is 0.126 e. The predicted molar refractivity (Wildman–Crippen MR) is 87.0 cm³/mol. The Morgan fingerprint density at radius 2 is 1.80 bits per heavy atom. The number of rotatable bonds is 4. The zero-order chi connectivity index (χ0) is 14.5. The van der Waals surface area contributed by atoms with Gasteiger partial charge in [-0.3, -0.25) is 0 Å². The summed E-state index contributed by atoms with van der Waals surface area (Å²) in [4.78, 5) is 0. The molecule has 1 nitrogen and oxygen atoms in total. The molecular weight excluding hydrogens is 244 g/mol. The van der Waals surface area contributed by atoms with E-state index >= 15 is 0 Å². The lowest BCUT2D eigenvalue weighted by molar-refractivity contribution is 0.413. The summed E-state index contributed by atoms with van der Waals surface area (Å²) in [6.07, 6.45) is 3.98. The monoisotopic (exact) mass is 264 g/mol. The van der Waals surface area contributed by atoms with Gasteiger partial charge in [0.05, 0.1) is 7.11 Å². The van der Waals surface area contributed by atoms with Crippen molar-refractivity contribution >= 4 is 11.6 Å². The summed E-state index contributed by atoms with van der Waals surface area (Å²) in [5.74, 6) is 0.851. The highest BCUT2D eigenvalue weighted by Gasteiger charge is 2.11. The molecule has 2 aromatic rings. The Hall–Kier alpha value is -2.28. The van der Waals surface area contributed by atoms with Crippen LogP contribution >= 0.6 is 0 Å². The van der Waals surface area contributed by atoms with E-state index in [0.717, 1.165) is 16.9 Å². The molecule has 0 radical (unpaired) electrons. The van der Waals surface area contributed by atoms with Crippen LogP contribution < -0.4 is 4.74 Å². The highest BCUT2D eigenvalue weighted by molar-refractivity contribution is 5.85. The number of ether oxygens (including phenoxy) is 1. The summed E-state index contributed by atoms with van der Waals surface area (Å²) in [6, 6.07) is 14.6. The van der Waals surface area contributed by atoms with Gasteiger partial charge in [0.2, 0.25) is 0 Å². The van der Waals surface area contributed by atoms with E-state index in [2.05, 4.69) is 56.8 Å². The van der Waals surface area contributed by atoms with Crippen molar-refractivity contribution in [2.75, 3.05) is 7.11 Å². The molecule has 2 rings (SSSR count). The number of benzene rings is 2. The molecule has 0 saturated heterocycles. The molecule has 0 fully saturated rings. The molecule has 0 aliphatic rings. The Morgan fingerprint density at radius 1 is 1.10 bits per heavy atom. The molecule has 0 heterocycles. The van der Waals surface area contributed by atoms with Crippen molar-refractivity contribution in [3.63, 3.8) is 0 Å². The third-order valence-electron chi connectivity index (χ3n) is 3.43. The van der Waals surface area contributed by atoms with Crippen molar-refractivity contribution in [1.29, 1.82) is 0 Å². The van der Waals surface area contributed by atoms with E-state index in [1.807, 2.05) is 18.2 Å². The van der Waals surface area contributed by atoms with Gasteiger partial charge in [0.1, 0.15) is 5.75 Å². The molecule has 102 valence electrons. The molecule has 1 heteroatoms. The molecule has 0 aliphatic heterocycles. The molecule has 0 saturated carbocycles. The Morgan fingerprint density at radius 3 is 2.35 bits per heavy atom. The van der Waals surface area contributed by atoms with Crippen LogP contribution in [0.1, 0.15) is 29.2 Å². The molecule has 0 spiro atoms. The maximum absolute atomic E-state index is 5.43. The average Bonchev–Trinajstić information content (AvgIpc) is 2.49. The van der Waals surface area contributed by atoms with E-state index in [1.165, 1.54) is 16.7 Å². The van der Waals surface area contributed by atoms with Gasteiger partial charge in [0, 0.05) is 5.56 Å². The summed E-state index contributed by atoms with van der Waals surface area (Å²) in [5, 5.41) is 0. The van der Waals surface area contributed by atoms with Crippen LogP contribution in [0.25, 0.3) is 11.6 Å². The number of hydrogen-bond donors (Lipinski definition) is 0. The molecule has 2 aromatic carbocycles. The first-order valence-electron chi connectivity index (χ1n) is 6.74. The fourth-order valence-corrected chi connectivity index (χ4v) is 2.38. The third kappa shape index (κ3) is 2.67. The molecule has 0 aliphatic carbocycles. The third-order valence-corrected chi connectivity index (χ3v) is 3.43. The van der Waals surface area contributed by atoms with E-state index in [9.17, 15) is 0 Å². The lowest BCUT2D eigenvalue weighted by Crippen LogP contribution is -1.95. The van der Waals surface area contributed by atoms with Gasteiger partial charge in [-0.1, -0.05) is 60.7 Å². The minimum Gasteiger partial charge on any atom is -0.496 e. The first-order chi connectivity index (χ1) is 9.71.